The third-order valence-electron chi connectivity index (χ3n) is 4.59. The van der Waals surface area contributed by atoms with Crippen LogP contribution in [0, 0.1) is 5.92 Å². The van der Waals surface area contributed by atoms with Gasteiger partial charge in [0.25, 0.3) is 11.8 Å². The molecule has 1 aromatic rings. The Bertz CT molecular complexity index is 603. The molecule has 128 valence electrons. The molecule has 6 heteroatoms. The molecule has 0 unspecified atom stereocenters. The van der Waals surface area contributed by atoms with E-state index in [0.29, 0.717) is 36.4 Å². The summed E-state index contributed by atoms with van der Waals surface area (Å²) >= 11 is 0. The van der Waals surface area contributed by atoms with E-state index in [4.69, 9.17) is 4.74 Å². The molecule has 0 aliphatic carbocycles. The molecular formula is C18H22N2O4. The van der Waals surface area contributed by atoms with Crippen molar-refractivity contribution in [1.82, 2.24) is 10.2 Å². The molecule has 1 N–H and O–H groups in total. The van der Waals surface area contributed by atoms with E-state index in [-0.39, 0.29) is 24.3 Å². The van der Waals surface area contributed by atoms with Gasteiger partial charge in [-0.3, -0.25) is 19.3 Å². The first kappa shape index (κ1) is 16.6. The van der Waals surface area contributed by atoms with Gasteiger partial charge in [0.2, 0.25) is 5.91 Å². The van der Waals surface area contributed by atoms with Gasteiger partial charge < -0.3 is 10.1 Å². The highest BCUT2D eigenvalue weighted by molar-refractivity contribution is 6.21. The van der Waals surface area contributed by atoms with Gasteiger partial charge in [0, 0.05) is 32.7 Å². The van der Waals surface area contributed by atoms with E-state index in [1.54, 1.807) is 24.3 Å². The second-order valence-electron chi connectivity index (χ2n) is 6.27. The summed E-state index contributed by atoms with van der Waals surface area (Å²) in [6.45, 7) is 2.48. The lowest BCUT2D eigenvalue weighted by molar-refractivity contribution is -0.121. The lowest BCUT2D eigenvalue weighted by Gasteiger charge is -2.22. The van der Waals surface area contributed by atoms with Crippen LogP contribution in [-0.4, -0.2) is 48.9 Å². The van der Waals surface area contributed by atoms with Gasteiger partial charge in [-0.05, 0) is 37.3 Å². The average molecular weight is 330 g/mol. The van der Waals surface area contributed by atoms with Crippen molar-refractivity contribution in [3.8, 4) is 0 Å². The van der Waals surface area contributed by atoms with Gasteiger partial charge >= 0.3 is 0 Å². The summed E-state index contributed by atoms with van der Waals surface area (Å²) in [6.07, 6.45) is 2.76. The number of rotatable bonds is 6. The number of fused-ring (bicyclic) bond motifs is 1. The van der Waals surface area contributed by atoms with Crippen LogP contribution in [0.1, 0.15) is 46.4 Å². The maximum atomic E-state index is 12.2. The molecule has 3 amide bonds. The van der Waals surface area contributed by atoms with E-state index in [9.17, 15) is 14.4 Å². The molecule has 2 heterocycles. The minimum atomic E-state index is -0.266. The SMILES string of the molecule is O=C(CCCN1C(=O)c2ccccc2C1=O)NCC1CCOCC1. The molecule has 0 spiro atoms. The number of nitrogens with zero attached hydrogens (tertiary/aromatic N) is 1. The summed E-state index contributed by atoms with van der Waals surface area (Å²) in [4.78, 5) is 37.6. The second-order valence-corrected chi connectivity index (χ2v) is 6.27. The van der Waals surface area contributed by atoms with Gasteiger partial charge in [-0.25, -0.2) is 0 Å². The number of nitrogens with one attached hydrogen (secondary N) is 1. The summed E-state index contributed by atoms with van der Waals surface area (Å²) in [5.41, 5.74) is 0.901. The first-order valence-corrected chi connectivity index (χ1v) is 8.46. The van der Waals surface area contributed by atoms with Crippen molar-refractivity contribution in [2.24, 2.45) is 5.92 Å². The summed E-state index contributed by atoms with van der Waals surface area (Å²) in [5, 5.41) is 2.93. The fourth-order valence-electron chi connectivity index (χ4n) is 3.14. The number of amides is 3. The summed E-state index contributed by atoms with van der Waals surface area (Å²) < 4.78 is 5.29. The highest BCUT2D eigenvalue weighted by Crippen LogP contribution is 2.22. The number of ether oxygens (including phenoxy) is 1. The minimum Gasteiger partial charge on any atom is -0.381 e. The predicted octanol–water partition coefficient (Wildman–Crippen LogP) is 1.61. The van der Waals surface area contributed by atoms with E-state index in [1.165, 1.54) is 4.90 Å². The fraction of sp³-hybridized carbons (Fsp3) is 0.500. The second kappa shape index (κ2) is 7.57. The van der Waals surface area contributed by atoms with Crippen LogP contribution in [0.2, 0.25) is 0 Å². The first-order chi connectivity index (χ1) is 11.7. The van der Waals surface area contributed by atoms with Crippen molar-refractivity contribution in [3.63, 3.8) is 0 Å². The number of hydrogen-bond acceptors (Lipinski definition) is 4. The third kappa shape index (κ3) is 3.64. The molecule has 1 saturated heterocycles. The normalized spacial score (nSPS) is 17.9. The van der Waals surface area contributed by atoms with Crippen molar-refractivity contribution in [1.29, 1.82) is 0 Å². The highest BCUT2D eigenvalue weighted by atomic mass is 16.5. The quantitative estimate of drug-likeness (QED) is 0.804. The van der Waals surface area contributed by atoms with E-state index >= 15 is 0 Å². The molecule has 0 radical (unpaired) electrons. The Morgan fingerprint density at radius 2 is 1.75 bits per heavy atom. The van der Waals surface area contributed by atoms with Gasteiger partial charge in [0.1, 0.15) is 0 Å². The van der Waals surface area contributed by atoms with Crippen LogP contribution in [0.5, 0.6) is 0 Å². The largest absolute Gasteiger partial charge is 0.381 e. The van der Waals surface area contributed by atoms with Crippen LogP contribution in [0.4, 0.5) is 0 Å². The van der Waals surface area contributed by atoms with Crippen LogP contribution >= 0.6 is 0 Å². The van der Waals surface area contributed by atoms with Crippen LogP contribution in [-0.2, 0) is 9.53 Å². The van der Waals surface area contributed by atoms with Gasteiger partial charge in [-0.15, -0.1) is 0 Å². The maximum absolute atomic E-state index is 12.2. The molecule has 2 aliphatic heterocycles. The molecule has 1 aromatic carbocycles. The number of hydrogen-bond donors (Lipinski definition) is 1. The van der Waals surface area contributed by atoms with Gasteiger partial charge in [0.05, 0.1) is 11.1 Å². The standard InChI is InChI=1S/C18H22N2O4/c21-16(19-12-13-7-10-24-11-8-13)6-3-9-20-17(22)14-4-1-2-5-15(14)18(20)23/h1-2,4-5,13H,3,6-12H2,(H,19,21). The van der Waals surface area contributed by atoms with E-state index in [1.807, 2.05) is 0 Å². The van der Waals surface area contributed by atoms with Crippen molar-refractivity contribution in [2.45, 2.75) is 25.7 Å². The summed E-state index contributed by atoms with van der Waals surface area (Å²) in [7, 11) is 0. The van der Waals surface area contributed by atoms with Gasteiger partial charge in [-0.1, -0.05) is 12.1 Å². The monoisotopic (exact) mass is 330 g/mol. The zero-order valence-electron chi connectivity index (χ0n) is 13.6. The zero-order valence-corrected chi connectivity index (χ0v) is 13.6. The summed E-state index contributed by atoms with van der Waals surface area (Å²) in [5.74, 6) is -0.0755. The van der Waals surface area contributed by atoms with Crippen LogP contribution in [0.3, 0.4) is 0 Å². The minimum absolute atomic E-state index is 0.0295. The third-order valence-corrected chi connectivity index (χ3v) is 4.59. The number of imide groups is 1. The van der Waals surface area contributed by atoms with E-state index in [2.05, 4.69) is 5.32 Å². The molecule has 24 heavy (non-hydrogen) atoms. The number of benzene rings is 1. The van der Waals surface area contributed by atoms with Crippen molar-refractivity contribution >= 4 is 17.7 Å². The van der Waals surface area contributed by atoms with E-state index < -0.39 is 0 Å². The lowest BCUT2D eigenvalue weighted by atomic mass is 10.0. The molecule has 2 aliphatic rings. The Kier molecular flexibility index (Phi) is 5.25. The Morgan fingerprint density at radius 1 is 1.12 bits per heavy atom. The molecular weight excluding hydrogens is 308 g/mol. The molecule has 6 nitrogen and oxygen atoms in total. The Hall–Kier alpha value is -2.21. The van der Waals surface area contributed by atoms with Crippen molar-refractivity contribution in [2.75, 3.05) is 26.3 Å². The van der Waals surface area contributed by atoms with Crippen LogP contribution in [0.15, 0.2) is 24.3 Å². The lowest BCUT2D eigenvalue weighted by Crippen LogP contribution is -2.34. The Morgan fingerprint density at radius 3 is 2.38 bits per heavy atom. The number of carbonyl (C=O) groups is 3. The molecule has 0 saturated carbocycles. The highest BCUT2D eigenvalue weighted by Gasteiger charge is 2.34. The topological polar surface area (TPSA) is 75.7 Å². The molecule has 0 atom stereocenters. The van der Waals surface area contributed by atoms with Crippen molar-refractivity contribution < 1.29 is 19.1 Å². The molecule has 0 bridgehead atoms. The van der Waals surface area contributed by atoms with Crippen LogP contribution < -0.4 is 5.32 Å². The molecule has 1 fully saturated rings. The first-order valence-electron chi connectivity index (χ1n) is 8.46. The zero-order chi connectivity index (χ0) is 16.9. The smallest absolute Gasteiger partial charge is 0.261 e. The van der Waals surface area contributed by atoms with Crippen LogP contribution in [0.25, 0.3) is 0 Å². The molecule has 3 rings (SSSR count). The predicted molar refractivity (Wildman–Crippen MR) is 87.6 cm³/mol. The Labute approximate surface area is 141 Å². The van der Waals surface area contributed by atoms with Crippen molar-refractivity contribution in [3.05, 3.63) is 35.4 Å². The Balaban J connectivity index is 1.41. The van der Waals surface area contributed by atoms with Gasteiger partial charge in [-0.2, -0.15) is 0 Å². The fourth-order valence-corrected chi connectivity index (χ4v) is 3.14. The maximum Gasteiger partial charge on any atom is 0.261 e. The molecule has 0 aromatic heterocycles. The average Bonchev–Trinajstić information content (AvgIpc) is 2.86. The summed E-state index contributed by atoms with van der Waals surface area (Å²) in [6, 6.07) is 6.82. The number of carbonyl (C=O) groups excluding carboxylic acids is 3. The van der Waals surface area contributed by atoms with Gasteiger partial charge in [0.15, 0.2) is 0 Å². The van der Waals surface area contributed by atoms with E-state index in [0.717, 1.165) is 26.1 Å².